The molecule has 2 N–H and O–H groups in total. The maximum atomic E-state index is 6.42. The van der Waals surface area contributed by atoms with Gasteiger partial charge in [-0.2, -0.15) is 0 Å². The Morgan fingerprint density at radius 1 is 1.28 bits per heavy atom. The van der Waals surface area contributed by atoms with Crippen LogP contribution in [-0.4, -0.2) is 6.61 Å². The molecule has 1 aromatic rings. The molecule has 1 saturated carbocycles. The van der Waals surface area contributed by atoms with E-state index >= 15 is 0 Å². The Balaban J connectivity index is 2.01. The molecule has 2 heteroatoms. The maximum absolute atomic E-state index is 6.42. The fourth-order valence-corrected chi connectivity index (χ4v) is 3.03. The van der Waals surface area contributed by atoms with Crippen molar-refractivity contribution >= 4 is 0 Å². The van der Waals surface area contributed by atoms with Gasteiger partial charge in [-0.05, 0) is 49.3 Å². The van der Waals surface area contributed by atoms with E-state index in [1.807, 2.05) is 19.1 Å². The normalized spacial score (nSPS) is 25.7. The second-order valence-corrected chi connectivity index (χ2v) is 5.56. The van der Waals surface area contributed by atoms with Crippen LogP contribution in [0.25, 0.3) is 0 Å². The molecule has 0 amide bonds. The van der Waals surface area contributed by atoms with Crippen LogP contribution < -0.4 is 10.5 Å². The second kappa shape index (κ2) is 6.24. The lowest BCUT2D eigenvalue weighted by atomic mass is 9.77. The van der Waals surface area contributed by atoms with Crippen molar-refractivity contribution in [2.24, 2.45) is 17.6 Å². The van der Waals surface area contributed by atoms with Gasteiger partial charge in [0.15, 0.2) is 0 Å². The van der Waals surface area contributed by atoms with Gasteiger partial charge in [0.05, 0.1) is 6.61 Å². The fraction of sp³-hybridized carbons (Fsp3) is 0.625. The van der Waals surface area contributed by atoms with Crippen LogP contribution in [0, 0.1) is 11.8 Å². The summed E-state index contributed by atoms with van der Waals surface area (Å²) in [6.07, 6.45) is 5.25. The average molecular weight is 247 g/mol. The van der Waals surface area contributed by atoms with E-state index < -0.39 is 0 Å². The Morgan fingerprint density at radius 2 is 2.00 bits per heavy atom. The van der Waals surface area contributed by atoms with E-state index in [0.29, 0.717) is 12.5 Å². The van der Waals surface area contributed by atoms with E-state index in [1.54, 1.807) is 0 Å². The summed E-state index contributed by atoms with van der Waals surface area (Å²) >= 11 is 0. The van der Waals surface area contributed by atoms with Crippen LogP contribution in [0.3, 0.4) is 0 Å². The third kappa shape index (κ3) is 3.26. The molecule has 18 heavy (non-hydrogen) atoms. The maximum Gasteiger partial charge on any atom is 0.119 e. The minimum atomic E-state index is 0.184. The number of hydrogen-bond donors (Lipinski definition) is 1. The Hall–Kier alpha value is -1.02. The van der Waals surface area contributed by atoms with Crippen molar-refractivity contribution in [3.05, 3.63) is 29.8 Å². The smallest absolute Gasteiger partial charge is 0.119 e. The van der Waals surface area contributed by atoms with Gasteiger partial charge in [0.25, 0.3) is 0 Å². The Morgan fingerprint density at radius 3 is 2.61 bits per heavy atom. The van der Waals surface area contributed by atoms with Crippen LogP contribution >= 0.6 is 0 Å². The van der Waals surface area contributed by atoms with Crippen LogP contribution in [-0.2, 0) is 0 Å². The van der Waals surface area contributed by atoms with Gasteiger partial charge in [0, 0.05) is 6.04 Å². The topological polar surface area (TPSA) is 35.2 Å². The van der Waals surface area contributed by atoms with Crippen molar-refractivity contribution in [2.75, 3.05) is 6.61 Å². The predicted octanol–water partition coefficient (Wildman–Crippen LogP) is 3.91. The summed E-state index contributed by atoms with van der Waals surface area (Å²) in [4.78, 5) is 0. The van der Waals surface area contributed by atoms with Crippen molar-refractivity contribution in [1.29, 1.82) is 0 Å². The van der Waals surface area contributed by atoms with Crippen LogP contribution in [0.1, 0.15) is 51.1 Å². The molecule has 1 fully saturated rings. The summed E-state index contributed by atoms with van der Waals surface area (Å²) in [5, 5.41) is 0. The average Bonchev–Trinajstić information content (AvgIpc) is 2.39. The first-order chi connectivity index (χ1) is 8.70. The lowest BCUT2D eigenvalue weighted by Crippen LogP contribution is -2.26. The van der Waals surface area contributed by atoms with E-state index in [-0.39, 0.29) is 6.04 Å². The molecule has 0 aliphatic heterocycles. The lowest BCUT2D eigenvalue weighted by molar-refractivity contribution is 0.248. The summed E-state index contributed by atoms with van der Waals surface area (Å²) in [6.45, 7) is 5.06. The van der Waals surface area contributed by atoms with Crippen molar-refractivity contribution in [3.8, 4) is 5.75 Å². The standard InChI is InChI=1S/C16H25NO/c1-3-18-15-9-7-13(8-10-15)16(17)14-6-4-5-12(2)11-14/h7-10,12,14,16H,3-6,11,17H2,1-2H3. The second-order valence-electron chi connectivity index (χ2n) is 5.56. The summed E-state index contributed by atoms with van der Waals surface area (Å²) in [7, 11) is 0. The minimum Gasteiger partial charge on any atom is -0.494 e. The summed E-state index contributed by atoms with van der Waals surface area (Å²) in [5.74, 6) is 2.41. The molecule has 0 bridgehead atoms. The highest BCUT2D eigenvalue weighted by Crippen LogP contribution is 2.36. The molecule has 0 spiro atoms. The quantitative estimate of drug-likeness (QED) is 0.875. The first kappa shape index (κ1) is 13.4. The van der Waals surface area contributed by atoms with E-state index in [9.17, 15) is 0 Å². The molecular weight excluding hydrogens is 222 g/mol. The van der Waals surface area contributed by atoms with Gasteiger partial charge in [-0.3, -0.25) is 0 Å². The van der Waals surface area contributed by atoms with E-state index in [0.717, 1.165) is 11.7 Å². The van der Waals surface area contributed by atoms with E-state index in [1.165, 1.54) is 31.2 Å². The molecule has 1 aliphatic rings. The van der Waals surface area contributed by atoms with E-state index in [4.69, 9.17) is 10.5 Å². The molecule has 100 valence electrons. The molecule has 3 atom stereocenters. The SMILES string of the molecule is CCOc1ccc(C(N)C2CCCC(C)C2)cc1. The van der Waals surface area contributed by atoms with Crippen LogP contribution in [0.2, 0.25) is 0 Å². The van der Waals surface area contributed by atoms with Crippen molar-refractivity contribution in [2.45, 2.75) is 45.6 Å². The molecule has 2 nitrogen and oxygen atoms in total. The van der Waals surface area contributed by atoms with Gasteiger partial charge in [-0.1, -0.05) is 31.9 Å². The zero-order valence-corrected chi connectivity index (χ0v) is 11.6. The van der Waals surface area contributed by atoms with Crippen LogP contribution in [0.15, 0.2) is 24.3 Å². The molecule has 0 saturated heterocycles. The Bertz CT molecular complexity index is 360. The van der Waals surface area contributed by atoms with Crippen molar-refractivity contribution in [1.82, 2.24) is 0 Å². The lowest BCUT2D eigenvalue weighted by Gasteiger charge is -2.31. The molecule has 3 unspecified atom stereocenters. The molecule has 0 radical (unpaired) electrons. The van der Waals surface area contributed by atoms with Gasteiger partial charge >= 0.3 is 0 Å². The van der Waals surface area contributed by atoms with Gasteiger partial charge in [0.1, 0.15) is 5.75 Å². The summed E-state index contributed by atoms with van der Waals surface area (Å²) in [6, 6.07) is 8.49. The number of nitrogens with two attached hydrogens (primary N) is 1. The minimum absolute atomic E-state index is 0.184. The molecule has 2 rings (SSSR count). The van der Waals surface area contributed by atoms with Gasteiger partial charge in [0.2, 0.25) is 0 Å². The molecular formula is C16H25NO. The largest absolute Gasteiger partial charge is 0.494 e. The third-order valence-electron chi connectivity index (χ3n) is 4.06. The number of ether oxygens (including phenoxy) is 1. The highest BCUT2D eigenvalue weighted by molar-refractivity contribution is 5.29. The fourth-order valence-electron chi connectivity index (χ4n) is 3.03. The van der Waals surface area contributed by atoms with Gasteiger partial charge in [-0.15, -0.1) is 0 Å². The van der Waals surface area contributed by atoms with Crippen molar-refractivity contribution in [3.63, 3.8) is 0 Å². The molecule has 1 aromatic carbocycles. The predicted molar refractivity (Wildman–Crippen MR) is 75.7 cm³/mol. The molecule has 0 heterocycles. The number of hydrogen-bond acceptors (Lipinski definition) is 2. The van der Waals surface area contributed by atoms with Gasteiger partial charge in [-0.25, -0.2) is 0 Å². The monoisotopic (exact) mass is 247 g/mol. The summed E-state index contributed by atoms with van der Waals surface area (Å²) in [5.41, 5.74) is 7.66. The van der Waals surface area contributed by atoms with E-state index in [2.05, 4.69) is 19.1 Å². The zero-order chi connectivity index (χ0) is 13.0. The molecule has 1 aliphatic carbocycles. The Kier molecular flexibility index (Phi) is 4.65. The number of benzene rings is 1. The first-order valence-electron chi connectivity index (χ1n) is 7.19. The first-order valence-corrected chi connectivity index (χ1v) is 7.19. The number of rotatable bonds is 4. The highest BCUT2D eigenvalue weighted by Gasteiger charge is 2.25. The zero-order valence-electron chi connectivity index (χ0n) is 11.6. The highest BCUT2D eigenvalue weighted by atomic mass is 16.5. The van der Waals surface area contributed by atoms with Crippen LogP contribution in [0.4, 0.5) is 0 Å². The van der Waals surface area contributed by atoms with Crippen LogP contribution in [0.5, 0.6) is 5.75 Å². The Labute approximate surface area is 111 Å². The molecule has 0 aromatic heterocycles. The van der Waals surface area contributed by atoms with Gasteiger partial charge < -0.3 is 10.5 Å². The third-order valence-corrected chi connectivity index (χ3v) is 4.06. The summed E-state index contributed by atoms with van der Waals surface area (Å²) < 4.78 is 5.46. The van der Waals surface area contributed by atoms with Crippen molar-refractivity contribution < 1.29 is 4.74 Å².